The highest BCUT2D eigenvalue weighted by atomic mass is 32.1. The molecule has 146 valence electrons. The fourth-order valence-corrected chi connectivity index (χ4v) is 3.46. The van der Waals surface area contributed by atoms with Crippen molar-refractivity contribution in [2.24, 2.45) is 0 Å². The Balaban J connectivity index is 1.65. The lowest BCUT2D eigenvalue weighted by Crippen LogP contribution is -2.36. The lowest BCUT2D eigenvalue weighted by atomic mass is 10.1. The van der Waals surface area contributed by atoms with Gasteiger partial charge in [-0.15, -0.1) is 11.3 Å². The smallest absolute Gasteiger partial charge is 0.254 e. The maximum atomic E-state index is 13.1. The van der Waals surface area contributed by atoms with E-state index < -0.39 is 0 Å². The summed E-state index contributed by atoms with van der Waals surface area (Å²) in [5.74, 6) is 0.318. The van der Waals surface area contributed by atoms with Gasteiger partial charge in [0.2, 0.25) is 0 Å². The fourth-order valence-electron chi connectivity index (χ4n) is 2.76. The van der Waals surface area contributed by atoms with Gasteiger partial charge in [0.25, 0.3) is 5.91 Å². The van der Waals surface area contributed by atoms with Gasteiger partial charge in [0, 0.05) is 17.0 Å². The number of benzene rings is 2. The molecule has 0 saturated heterocycles. The molecule has 6 heteroatoms. The van der Waals surface area contributed by atoms with Crippen LogP contribution in [0.1, 0.15) is 40.5 Å². The summed E-state index contributed by atoms with van der Waals surface area (Å²) in [5.41, 5.74) is 2.43. The first kappa shape index (κ1) is 20.0. The lowest BCUT2D eigenvalue weighted by Gasteiger charge is -2.26. The van der Waals surface area contributed by atoms with Gasteiger partial charge < -0.3 is 9.64 Å². The molecule has 0 aliphatic heterocycles. The van der Waals surface area contributed by atoms with E-state index in [9.17, 15) is 9.18 Å². The third kappa shape index (κ3) is 5.16. The van der Waals surface area contributed by atoms with Crippen LogP contribution in [0.25, 0.3) is 0 Å². The average Bonchev–Trinajstić information content (AvgIpc) is 3.12. The molecule has 28 heavy (non-hydrogen) atoms. The van der Waals surface area contributed by atoms with Crippen LogP contribution >= 0.6 is 11.3 Å². The van der Waals surface area contributed by atoms with Crippen LogP contribution in [0.4, 0.5) is 4.39 Å². The number of hydrogen-bond acceptors (Lipinski definition) is 4. The van der Waals surface area contributed by atoms with E-state index in [1.807, 2.05) is 50.4 Å². The molecule has 0 N–H and O–H groups in total. The van der Waals surface area contributed by atoms with Crippen LogP contribution < -0.4 is 4.74 Å². The molecule has 3 aromatic rings. The number of aryl methyl sites for hydroxylation is 1. The Labute approximate surface area is 168 Å². The molecule has 1 heterocycles. The number of hydrogen-bond donors (Lipinski definition) is 0. The molecule has 0 bridgehead atoms. The molecule has 3 rings (SSSR count). The average molecular weight is 399 g/mol. The number of halogens is 1. The predicted octanol–water partition coefficient (Wildman–Crippen LogP) is 5.22. The molecule has 2 aromatic carbocycles. The third-order valence-corrected chi connectivity index (χ3v) is 5.13. The molecule has 4 nitrogen and oxygen atoms in total. The molecule has 0 spiro atoms. The van der Waals surface area contributed by atoms with Crippen molar-refractivity contribution in [2.75, 3.05) is 0 Å². The number of amides is 1. The minimum atomic E-state index is -0.356. The van der Waals surface area contributed by atoms with Crippen LogP contribution in [0.15, 0.2) is 53.9 Å². The summed E-state index contributed by atoms with van der Waals surface area (Å²) < 4.78 is 18.9. The maximum Gasteiger partial charge on any atom is 0.254 e. The summed E-state index contributed by atoms with van der Waals surface area (Å²) in [7, 11) is 0. The van der Waals surface area contributed by atoms with E-state index in [-0.39, 0.29) is 17.8 Å². The highest BCUT2D eigenvalue weighted by Gasteiger charge is 2.20. The van der Waals surface area contributed by atoms with E-state index in [0.29, 0.717) is 18.7 Å². The molecule has 1 aromatic heterocycles. The van der Waals surface area contributed by atoms with E-state index in [4.69, 9.17) is 4.74 Å². The Bertz CT molecular complexity index is 938. The minimum Gasteiger partial charge on any atom is -0.486 e. The first-order valence-electron chi connectivity index (χ1n) is 9.11. The topological polar surface area (TPSA) is 42.4 Å². The maximum absolute atomic E-state index is 13.1. The van der Waals surface area contributed by atoms with E-state index >= 15 is 0 Å². The van der Waals surface area contributed by atoms with Gasteiger partial charge in [-0.25, -0.2) is 9.37 Å². The Morgan fingerprint density at radius 1 is 1.21 bits per heavy atom. The SMILES string of the molecule is Cc1cccc(OCc2nc(CN(C(=O)c3ccc(F)cc3)C(C)C)cs2)c1. The summed E-state index contributed by atoms with van der Waals surface area (Å²) in [4.78, 5) is 19.1. The van der Waals surface area contributed by atoms with Gasteiger partial charge in [-0.05, 0) is 62.7 Å². The molecule has 0 unspecified atom stereocenters. The molecule has 0 atom stereocenters. The second kappa shape index (κ2) is 8.97. The summed E-state index contributed by atoms with van der Waals surface area (Å²) in [6, 6.07) is 13.5. The van der Waals surface area contributed by atoms with Crippen LogP contribution in [0.3, 0.4) is 0 Å². The van der Waals surface area contributed by atoms with Crippen molar-refractivity contribution in [3.63, 3.8) is 0 Å². The Morgan fingerprint density at radius 3 is 2.64 bits per heavy atom. The quantitative estimate of drug-likeness (QED) is 0.548. The molecule has 0 saturated carbocycles. The summed E-state index contributed by atoms with van der Waals surface area (Å²) in [6.45, 7) is 6.72. The van der Waals surface area contributed by atoms with Gasteiger partial charge in [0.15, 0.2) is 0 Å². The van der Waals surface area contributed by atoms with Gasteiger partial charge in [-0.1, -0.05) is 12.1 Å². The Kier molecular flexibility index (Phi) is 6.41. The molecular weight excluding hydrogens is 375 g/mol. The fraction of sp³-hybridized carbons (Fsp3) is 0.273. The Morgan fingerprint density at radius 2 is 1.96 bits per heavy atom. The van der Waals surface area contributed by atoms with Gasteiger partial charge in [-0.2, -0.15) is 0 Å². The van der Waals surface area contributed by atoms with Gasteiger partial charge in [-0.3, -0.25) is 4.79 Å². The van der Waals surface area contributed by atoms with Crippen molar-refractivity contribution in [2.45, 2.75) is 40.0 Å². The normalized spacial score (nSPS) is 10.9. The van der Waals surface area contributed by atoms with Crippen LogP contribution in [0.5, 0.6) is 5.75 Å². The number of aromatic nitrogens is 1. The standard InChI is InChI=1S/C22H23FN2O2S/c1-15(2)25(22(26)17-7-9-18(23)10-8-17)12-19-14-28-21(24-19)13-27-20-6-4-5-16(3)11-20/h4-11,14-15H,12-13H2,1-3H3. The highest BCUT2D eigenvalue weighted by molar-refractivity contribution is 7.09. The largest absolute Gasteiger partial charge is 0.486 e. The van der Waals surface area contributed by atoms with E-state index in [0.717, 1.165) is 22.0 Å². The van der Waals surface area contributed by atoms with E-state index in [2.05, 4.69) is 4.98 Å². The number of rotatable bonds is 7. The van der Waals surface area contributed by atoms with Crippen molar-refractivity contribution in [1.29, 1.82) is 0 Å². The zero-order valence-corrected chi connectivity index (χ0v) is 17.0. The molecule has 0 aliphatic rings. The second-order valence-electron chi connectivity index (χ2n) is 6.87. The van der Waals surface area contributed by atoms with E-state index in [1.165, 1.54) is 35.6 Å². The first-order valence-corrected chi connectivity index (χ1v) is 9.99. The van der Waals surface area contributed by atoms with Gasteiger partial charge in [0.05, 0.1) is 12.2 Å². The number of thiazole rings is 1. The number of carbonyl (C=O) groups excluding carboxylic acids is 1. The molecule has 0 radical (unpaired) electrons. The van der Waals surface area contributed by atoms with Gasteiger partial charge >= 0.3 is 0 Å². The second-order valence-corrected chi connectivity index (χ2v) is 7.81. The predicted molar refractivity (Wildman–Crippen MR) is 109 cm³/mol. The summed E-state index contributed by atoms with van der Waals surface area (Å²) >= 11 is 1.51. The van der Waals surface area contributed by atoms with E-state index in [1.54, 1.807) is 4.90 Å². The number of ether oxygens (including phenoxy) is 1. The van der Waals surface area contributed by atoms with Crippen molar-refractivity contribution < 1.29 is 13.9 Å². The van der Waals surface area contributed by atoms with Gasteiger partial charge in [0.1, 0.15) is 23.2 Å². The van der Waals surface area contributed by atoms with Crippen LogP contribution in [-0.4, -0.2) is 21.8 Å². The summed E-state index contributed by atoms with van der Waals surface area (Å²) in [5, 5.41) is 2.80. The molecular formula is C22H23FN2O2S. The Hall–Kier alpha value is -2.73. The van der Waals surface area contributed by atoms with Crippen LogP contribution in [-0.2, 0) is 13.2 Å². The van der Waals surface area contributed by atoms with Crippen molar-refractivity contribution in [3.05, 3.63) is 81.6 Å². The van der Waals surface area contributed by atoms with Crippen molar-refractivity contribution in [1.82, 2.24) is 9.88 Å². The molecule has 0 fully saturated rings. The van der Waals surface area contributed by atoms with Crippen LogP contribution in [0.2, 0.25) is 0 Å². The zero-order valence-electron chi connectivity index (χ0n) is 16.2. The monoisotopic (exact) mass is 398 g/mol. The van der Waals surface area contributed by atoms with Crippen LogP contribution in [0, 0.1) is 12.7 Å². The molecule has 0 aliphatic carbocycles. The van der Waals surface area contributed by atoms with Crippen molar-refractivity contribution >= 4 is 17.2 Å². The lowest BCUT2D eigenvalue weighted by molar-refractivity contribution is 0.0688. The zero-order chi connectivity index (χ0) is 20.1. The number of nitrogens with zero attached hydrogens (tertiary/aromatic N) is 2. The number of carbonyl (C=O) groups is 1. The molecule has 1 amide bonds. The highest BCUT2D eigenvalue weighted by Crippen LogP contribution is 2.19. The van der Waals surface area contributed by atoms with Crippen molar-refractivity contribution in [3.8, 4) is 5.75 Å². The third-order valence-electron chi connectivity index (χ3n) is 4.26. The first-order chi connectivity index (χ1) is 13.4. The minimum absolute atomic E-state index is 0.00810. The summed E-state index contributed by atoms with van der Waals surface area (Å²) in [6.07, 6.45) is 0.